The predicted molar refractivity (Wildman–Crippen MR) is 170 cm³/mol. The Kier molecular flexibility index (Phi) is 4.73. The normalized spacial score (nSPS) is 12.7. The van der Waals surface area contributed by atoms with Gasteiger partial charge in [-0.2, -0.15) is 0 Å². The van der Waals surface area contributed by atoms with E-state index in [9.17, 15) is 0 Å². The van der Waals surface area contributed by atoms with Gasteiger partial charge in [0.25, 0.3) is 6.71 Å². The number of hydrogen-bond acceptors (Lipinski definition) is 2. The van der Waals surface area contributed by atoms with Crippen LogP contribution in [-0.4, -0.2) is 6.71 Å². The number of fused-ring (bicyclic) bond motifs is 6. The van der Waals surface area contributed by atoms with Gasteiger partial charge < -0.3 is 9.47 Å². The Morgan fingerprint density at radius 1 is 0.390 bits per heavy atom. The van der Waals surface area contributed by atoms with Crippen LogP contribution in [-0.2, 0) is 0 Å². The maximum atomic E-state index is 6.87. The highest BCUT2D eigenvalue weighted by molar-refractivity contribution is 6.98. The van der Waals surface area contributed by atoms with Gasteiger partial charge in [-0.1, -0.05) is 121 Å². The van der Waals surface area contributed by atoms with Crippen molar-refractivity contribution in [1.82, 2.24) is 0 Å². The summed E-state index contributed by atoms with van der Waals surface area (Å²) in [6.07, 6.45) is 0. The van der Waals surface area contributed by atoms with Crippen LogP contribution in [0.15, 0.2) is 140 Å². The zero-order valence-corrected chi connectivity index (χ0v) is 22.2. The van der Waals surface area contributed by atoms with Gasteiger partial charge >= 0.3 is 0 Å². The van der Waals surface area contributed by atoms with Crippen LogP contribution in [0.2, 0.25) is 0 Å². The van der Waals surface area contributed by atoms with Crippen molar-refractivity contribution in [2.24, 2.45) is 0 Å². The smallest absolute Gasteiger partial charge is 0.260 e. The molecule has 0 unspecified atom stereocenters. The third-order valence-corrected chi connectivity index (χ3v) is 8.60. The summed E-state index contributed by atoms with van der Waals surface area (Å²) in [5.74, 6) is 3.54. The second-order valence-corrected chi connectivity index (χ2v) is 10.8. The minimum Gasteiger partial charge on any atom is -0.458 e. The van der Waals surface area contributed by atoms with E-state index in [4.69, 9.17) is 9.47 Å². The zero-order chi connectivity index (χ0) is 26.9. The van der Waals surface area contributed by atoms with E-state index < -0.39 is 0 Å². The minimum absolute atomic E-state index is 0.00134. The van der Waals surface area contributed by atoms with E-state index in [0.717, 1.165) is 61.6 Å². The van der Waals surface area contributed by atoms with Gasteiger partial charge in [-0.05, 0) is 61.8 Å². The molecule has 0 atom stereocenters. The van der Waals surface area contributed by atoms with Crippen molar-refractivity contribution in [3.8, 4) is 45.3 Å². The first-order valence-corrected chi connectivity index (χ1v) is 14.1. The Morgan fingerprint density at radius 3 is 1.37 bits per heavy atom. The maximum absolute atomic E-state index is 6.87. The molecule has 190 valence electrons. The Balaban J connectivity index is 1.45. The lowest BCUT2D eigenvalue weighted by molar-refractivity contribution is 0.467. The number of rotatable bonds is 2. The molecule has 0 N–H and O–H groups in total. The van der Waals surface area contributed by atoms with Crippen LogP contribution in [0.25, 0.3) is 43.8 Å². The van der Waals surface area contributed by atoms with Gasteiger partial charge in [0.2, 0.25) is 0 Å². The molecule has 0 aromatic heterocycles. The summed E-state index contributed by atoms with van der Waals surface area (Å²) in [4.78, 5) is 0. The van der Waals surface area contributed by atoms with Crippen LogP contribution in [0.4, 0.5) is 0 Å². The van der Waals surface area contributed by atoms with Crippen molar-refractivity contribution >= 4 is 44.6 Å². The van der Waals surface area contributed by atoms with Gasteiger partial charge in [0.1, 0.15) is 23.0 Å². The lowest BCUT2D eigenvalue weighted by atomic mass is 9.34. The number of para-hydroxylation sites is 2. The minimum atomic E-state index is -0.00134. The first kappa shape index (κ1) is 22.5. The monoisotopic (exact) mass is 522 g/mol. The lowest BCUT2D eigenvalue weighted by Gasteiger charge is -2.35. The molecule has 0 radical (unpaired) electrons. The second kappa shape index (κ2) is 8.61. The highest BCUT2D eigenvalue weighted by Crippen LogP contribution is 2.48. The van der Waals surface area contributed by atoms with Crippen molar-refractivity contribution in [2.45, 2.75) is 0 Å². The molecule has 0 fully saturated rings. The molecule has 0 saturated carbocycles. The van der Waals surface area contributed by atoms with Crippen LogP contribution in [0.5, 0.6) is 23.0 Å². The summed E-state index contributed by atoms with van der Waals surface area (Å²) in [6, 6.07) is 49.4. The van der Waals surface area contributed by atoms with E-state index in [1.807, 2.05) is 0 Å². The number of ether oxygens (including phenoxy) is 2. The molecule has 9 rings (SSSR count). The van der Waals surface area contributed by atoms with E-state index >= 15 is 0 Å². The Labute approximate surface area is 238 Å². The average Bonchev–Trinajstić information content (AvgIpc) is 3.04. The average molecular weight is 522 g/mol. The fourth-order valence-electron chi connectivity index (χ4n) is 6.79. The molecule has 0 bridgehead atoms. The fourth-order valence-corrected chi connectivity index (χ4v) is 6.79. The number of hydrogen-bond donors (Lipinski definition) is 0. The molecule has 7 aromatic rings. The van der Waals surface area contributed by atoms with Crippen LogP contribution < -0.4 is 25.9 Å². The van der Waals surface area contributed by atoms with Gasteiger partial charge in [-0.25, -0.2) is 0 Å². The molecule has 7 aromatic carbocycles. The second-order valence-electron chi connectivity index (χ2n) is 10.8. The van der Waals surface area contributed by atoms with Gasteiger partial charge in [-0.3, -0.25) is 0 Å². The van der Waals surface area contributed by atoms with Crippen molar-refractivity contribution in [1.29, 1.82) is 0 Å². The molecule has 0 amide bonds. The van der Waals surface area contributed by atoms with Gasteiger partial charge in [0.15, 0.2) is 0 Å². The summed E-state index contributed by atoms with van der Waals surface area (Å²) >= 11 is 0. The predicted octanol–water partition coefficient (Wildman–Crippen LogP) is 8.05. The van der Waals surface area contributed by atoms with Gasteiger partial charge in [-0.15, -0.1) is 0 Å². The summed E-state index contributed by atoms with van der Waals surface area (Å²) in [7, 11) is 0. The summed E-state index contributed by atoms with van der Waals surface area (Å²) in [5, 5.41) is 4.81. The van der Waals surface area contributed by atoms with E-state index in [0.29, 0.717) is 0 Å². The molecule has 2 aliphatic rings. The molecule has 0 spiro atoms. The topological polar surface area (TPSA) is 18.5 Å². The first-order valence-electron chi connectivity index (χ1n) is 14.1. The third-order valence-electron chi connectivity index (χ3n) is 8.60. The Bertz CT molecular complexity index is 2020. The zero-order valence-electron chi connectivity index (χ0n) is 22.2. The molecular weight excluding hydrogens is 499 g/mol. The molecule has 2 nitrogen and oxygen atoms in total. The van der Waals surface area contributed by atoms with Crippen molar-refractivity contribution in [3.05, 3.63) is 140 Å². The fraction of sp³-hybridized carbons (Fsp3) is 0. The molecule has 2 aliphatic heterocycles. The molecule has 2 heterocycles. The maximum Gasteiger partial charge on any atom is 0.260 e. The molecule has 41 heavy (non-hydrogen) atoms. The van der Waals surface area contributed by atoms with Crippen LogP contribution in [0.3, 0.4) is 0 Å². The van der Waals surface area contributed by atoms with Gasteiger partial charge in [0, 0.05) is 16.6 Å². The standard InChI is InChI=1S/C38H23BO2/c1-3-15-26-24(11-1)13-9-17-28(26)30-23-31(29-18-10-14-25-12-2-4-16-27(25)29)38-36-37(30)40-34-21-7-5-19-32(34)39(36)33-20-6-8-22-35(33)41-38/h1-23H. The third kappa shape index (κ3) is 3.26. The lowest BCUT2D eigenvalue weighted by Crippen LogP contribution is -2.57. The molecule has 0 aliphatic carbocycles. The highest BCUT2D eigenvalue weighted by Gasteiger charge is 2.42. The first-order chi connectivity index (χ1) is 20.3. The van der Waals surface area contributed by atoms with Crippen molar-refractivity contribution in [3.63, 3.8) is 0 Å². The van der Waals surface area contributed by atoms with E-state index in [2.05, 4.69) is 140 Å². The highest BCUT2D eigenvalue weighted by atomic mass is 16.5. The Hall–Kier alpha value is -5.28. The SMILES string of the molecule is c1ccc2c(c1)Oc1c(-c3cccc4ccccc34)cc(-c3cccc4ccccc34)c3c1B2c1ccccc1O3. The van der Waals surface area contributed by atoms with Crippen molar-refractivity contribution in [2.75, 3.05) is 0 Å². The largest absolute Gasteiger partial charge is 0.458 e. The molecule has 3 heteroatoms. The Morgan fingerprint density at radius 2 is 0.829 bits per heavy atom. The summed E-state index contributed by atoms with van der Waals surface area (Å²) in [5.41, 5.74) is 7.87. The summed E-state index contributed by atoms with van der Waals surface area (Å²) in [6.45, 7) is -0.00134. The van der Waals surface area contributed by atoms with E-state index in [1.54, 1.807) is 0 Å². The summed E-state index contributed by atoms with van der Waals surface area (Å²) < 4.78 is 13.7. The van der Waals surface area contributed by atoms with Crippen LogP contribution in [0, 0.1) is 0 Å². The molecular formula is C38H23BO2. The van der Waals surface area contributed by atoms with E-state index in [1.165, 1.54) is 21.5 Å². The van der Waals surface area contributed by atoms with Crippen LogP contribution >= 0.6 is 0 Å². The quantitative estimate of drug-likeness (QED) is 0.214. The van der Waals surface area contributed by atoms with Crippen LogP contribution in [0.1, 0.15) is 0 Å². The molecule has 0 saturated heterocycles. The van der Waals surface area contributed by atoms with E-state index in [-0.39, 0.29) is 6.71 Å². The number of benzene rings is 7. The van der Waals surface area contributed by atoms with Gasteiger partial charge in [0.05, 0.1) is 0 Å². The van der Waals surface area contributed by atoms with Crippen molar-refractivity contribution < 1.29 is 9.47 Å².